The van der Waals surface area contributed by atoms with E-state index in [1.807, 2.05) is 26.0 Å². The molecule has 5 heteroatoms. The number of nitrogens with one attached hydrogen (secondary N) is 1. The molecule has 0 saturated carbocycles. The van der Waals surface area contributed by atoms with E-state index in [1.165, 1.54) is 0 Å². The summed E-state index contributed by atoms with van der Waals surface area (Å²) in [6.45, 7) is 8.03. The molecule has 5 nitrogen and oxygen atoms in total. The Labute approximate surface area is 127 Å². The van der Waals surface area contributed by atoms with Crippen molar-refractivity contribution in [1.82, 2.24) is 5.32 Å². The summed E-state index contributed by atoms with van der Waals surface area (Å²) in [4.78, 5) is 0. The molecule has 0 spiro atoms. The molecule has 0 aliphatic carbocycles. The zero-order valence-corrected chi connectivity index (χ0v) is 13.4. The maximum atomic E-state index is 9.81. The lowest BCUT2D eigenvalue weighted by Gasteiger charge is -2.17. The number of rotatable bonds is 12. The van der Waals surface area contributed by atoms with Gasteiger partial charge in [0, 0.05) is 19.0 Å². The third kappa shape index (κ3) is 9.63. The van der Waals surface area contributed by atoms with Crippen molar-refractivity contribution in [3.8, 4) is 0 Å². The van der Waals surface area contributed by atoms with Crippen LogP contribution in [0.5, 0.6) is 0 Å². The highest BCUT2D eigenvalue weighted by molar-refractivity contribution is 4.98. The third-order valence-corrected chi connectivity index (χ3v) is 3.09. The minimum atomic E-state index is -0.491. The minimum absolute atomic E-state index is 0.218. The predicted octanol–water partition coefficient (Wildman–Crippen LogP) is 1.99. The fraction of sp³-hybridized carbons (Fsp3) is 0.750. The lowest BCUT2D eigenvalue weighted by Crippen LogP contribution is -2.36. The molecule has 0 aliphatic heterocycles. The van der Waals surface area contributed by atoms with Crippen molar-refractivity contribution < 1.29 is 19.0 Å². The molecule has 1 rings (SSSR count). The molecule has 1 aromatic rings. The summed E-state index contributed by atoms with van der Waals surface area (Å²) in [7, 11) is 0. The molecule has 1 heterocycles. The first kappa shape index (κ1) is 18.2. The largest absolute Gasteiger partial charge is 0.469 e. The van der Waals surface area contributed by atoms with Crippen molar-refractivity contribution in [2.24, 2.45) is 0 Å². The number of aryl methyl sites for hydroxylation is 1. The van der Waals surface area contributed by atoms with Crippen LogP contribution in [-0.4, -0.2) is 49.7 Å². The van der Waals surface area contributed by atoms with Crippen molar-refractivity contribution >= 4 is 0 Å². The summed E-state index contributed by atoms with van der Waals surface area (Å²) in [5, 5.41) is 13.1. The molecule has 0 bridgehead atoms. The van der Waals surface area contributed by atoms with Crippen molar-refractivity contribution in [1.29, 1.82) is 0 Å². The second-order valence-corrected chi connectivity index (χ2v) is 5.58. The Morgan fingerprint density at radius 2 is 2.10 bits per heavy atom. The Morgan fingerprint density at radius 3 is 2.76 bits per heavy atom. The number of furan rings is 1. The van der Waals surface area contributed by atoms with Gasteiger partial charge in [-0.15, -0.1) is 0 Å². The van der Waals surface area contributed by atoms with Crippen molar-refractivity contribution in [3.63, 3.8) is 0 Å². The molecule has 122 valence electrons. The number of ether oxygens (including phenoxy) is 2. The van der Waals surface area contributed by atoms with Gasteiger partial charge in [0.25, 0.3) is 0 Å². The highest BCUT2D eigenvalue weighted by Crippen LogP contribution is 2.05. The summed E-state index contributed by atoms with van der Waals surface area (Å²) in [5.74, 6) is 0.998. The molecular weight excluding hydrogens is 270 g/mol. The van der Waals surface area contributed by atoms with E-state index in [9.17, 15) is 5.11 Å². The normalized spacial score (nSPS) is 14.5. The zero-order chi connectivity index (χ0) is 15.5. The molecule has 0 fully saturated rings. The van der Waals surface area contributed by atoms with E-state index in [1.54, 1.807) is 6.26 Å². The van der Waals surface area contributed by atoms with Gasteiger partial charge in [0.1, 0.15) is 5.76 Å². The Balaban J connectivity index is 1.97. The Kier molecular flexibility index (Phi) is 9.34. The minimum Gasteiger partial charge on any atom is -0.469 e. The molecule has 0 aliphatic rings. The molecule has 0 saturated heterocycles. The van der Waals surface area contributed by atoms with Gasteiger partial charge in [-0.3, -0.25) is 0 Å². The van der Waals surface area contributed by atoms with Crippen LogP contribution in [0.3, 0.4) is 0 Å². The first-order valence-electron chi connectivity index (χ1n) is 7.71. The quantitative estimate of drug-likeness (QED) is 0.578. The van der Waals surface area contributed by atoms with Crippen LogP contribution in [0.15, 0.2) is 22.8 Å². The van der Waals surface area contributed by atoms with Crippen molar-refractivity contribution in [2.45, 2.75) is 51.9 Å². The van der Waals surface area contributed by atoms with Gasteiger partial charge in [-0.25, -0.2) is 0 Å². The lowest BCUT2D eigenvalue weighted by molar-refractivity contribution is -0.0104. The zero-order valence-electron chi connectivity index (χ0n) is 13.4. The van der Waals surface area contributed by atoms with Gasteiger partial charge >= 0.3 is 0 Å². The Morgan fingerprint density at radius 1 is 1.29 bits per heavy atom. The number of hydrogen-bond acceptors (Lipinski definition) is 5. The highest BCUT2D eigenvalue weighted by Gasteiger charge is 2.08. The third-order valence-electron chi connectivity index (χ3n) is 3.09. The van der Waals surface area contributed by atoms with Crippen LogP contribution in [0.1, 0.15) is 33.0 Å². The van der Waals surface area contributed by atoms with E-state index in [4.69, 9.17) is 13.9 Å². The van der Waals surface area contributed by atoms with Gasteiger partial charge in [-0.05, 0) is 39.3 Å². The lowest BCUT2D eigenvalue weighted by atomic mass is 10.1. The predicted molar refractivity (Wildman–Crippen MR) is 82.4 cm³/mol. The summed E-state index contributed by atoms with van der Waals surface area (Å²) >= 11 is 0. The summed E-state index contributed by atoms with van der Waals surface area (Å²) in [6.07, 6.45) is 3.30. The molecule has 21 heavy (non-hydrogen) atoms. The molecule has 2 N–H and O–H groups in total. The first-order chi connectivity index (χ1) is 10.1. The monoisotopic (exact) mass is 299 g/mol. The first-order valence-corrected chi connectivity index (χ1v) is 7.71. The molecule has 0 radical (unpaired) electrons. The second kappa shape index (κ2) is 10.8. The molecule has 0 amide bonds. The number of hydrogen-bond donors (Lipinski definition) is 2. The van der Waals surface area contributed by atoms with E-state index in [2.05, 4.69) is 12.2 Å². The van der Waals surface area contributed by atoms with Gasteiger partial charge in [-0.2, -0.15) is 0 Å². The van der Waals surface area contributed by atoms with Crippen LogP contribution in [-0.2, 0) is 15.9 Å². The second-order valence-electron chi connectivity index (χ2n) is 5.58. The van der Waals surface area contributed by atoms with Crippen LogP contribution >= 0.6 is 0 Å². The molecule has 2 unspecified atom stereocenters. The molecule has 2 atom stereocenters. The van der Waals surface area contributed by atoms with Gasteiger partial charge in [-0.1, -0.05) is 0 Å². The fourth-order valence-corrected chi connectivity index (χ4v) is 1.87. The maximum absolute atomic E-state index is 9.81. The van der Waals surface area contributed by atoms with Gasteiger partial charge in [0.05, 0.1) is 38.3 Å². The molecular formula is C16H29NO4. The Hall–Kier alpha value is -0.880. The van der Waals surface area contributed by atoms with Gasteiger partial charge < -0.3 is 24.3 Å². The smallest absolute Gasteiger partial charge is 0.103 e. The van der Waals surface area contributed by atoms with E-state index in [-0.39, 0.29) is 6.10 Å². The summed E-state index contributed by atoms with van der Waals surface area (Å²) in [5.41, 5.74) is 0. The molecule has 1 aromatic heterocycles. The van der Waals surface area contributed by atoms with Gasteiger partial charge in [0.15, 0.2) is 0 Å². The topological polar surface area (TPSA) is 63.9 Å². The van der Waals surface area contributed by atoms with Crippen LogP contribution < -0.4 is 5.32 Å². The summed E-state index contributed by atoms with van der Waals surface area (Å²) < 4.78 is 16.0. The fourth-order valence-electron chi connectivity index (χ4n) is 1.87. The standard InChI is InChI=1S/C16H29NO4/c1-13(2)20-10-9-19-12-15(18)11-17-14(3)6-7-16-5-4-8-21-16/h4-5,8,13-15,17-18H,6-7,9-12H2,1-3H3. The van der Waals surface area contributed by atoms with E-state index < -0.39 is 6.10 Å². The number of aliphatic hydroxyl groups is 1. The SMILES string of the molecule is CC(CCc1ccco1)NCC(O)COCCOC(C)C. The van der Waals surface area contributed by atoms with Crippen LogP contribution in [0.25, 0.3) is 0 Å². The summed E-state index contributed by atoms with van der Waals surface area (Å²) in [6, 6.07) is 4.21. The average molecular weight is 299 g/mol. The van der Waals surface area contributed by atoms with Crippen molar-refractivity contribution in [2.75, 3.05) is 26.4 Å². The number of aliphatic hydroxyl groups excluding tert-OH is 1. The van der Waals surface area contributed by atoms with E-state index in [0.29, 0.717) is 32.4 Å². The molecule has 0 aromatic carbocycles. The van der Waals surface area contributed by atoms with E-state index >= 15 is 0 Å². The maximum Gasteiger partial charge on any atom is 0.103 e. The Bertz CT molecular complexity index is 340. The van der Waals surface area contributed by atoms with E-state index in [0.717, 1.165) is 18.6 Å². The average Bonchev–Trinajstić information content (AvgIpc) is 2.95. The van der Waals surface area contributed by atoms with Crippen molar-refractivity contribution in [3.05, 3.63) is 24.2 Å². The van der Waals surface area contributed by atoms with Crippen LogP contribution in [0.4, 0.5) is 0 Å². The van der Waals surface area contributed by atoms with Crippen LogP contribution in [0, 0.1) is 0 Å². The van der Waals surface area contributed by atoms with Gasteiger partial charge in [0.2, 0.25) is 0 Å². The highest BCUT2D eigenvalue weighted by atomic mass is 16.5. The van der Waals surface area contributed by atoms with Crippen LogP contribution in [0.2, 0.25) is 0 Å².